The van der Waals surface area contributed by atoms with E-state index in [9.17, 15) is 9.90 Å². The van der Waals surface area contributed by atoms with Gasteiger partial charge in [0.25, 0.3) is 0 Å². The molecule has 24 heavy (non-hydrogen) atoms. The number of hydrogen-bond acceptors (Lipinski definition) is 4. The number of aliphatic hydroxyl groups is 1. The Balaban J connectivity index is 1.60. The highest BCUT2D eigenvalue weighted by molar-refractivity contribution is 5.80. The molecule has 1 aliphatic heterocycles. The number of carbonyl (C=O) groups is 1. The zero-order chi connectivity index (χ0) is 17.1. The number of nitrogens with one attached hydrogen (secondary N) is 2. The third-order valence-corrected chi connectivity index (χ3v) is 4.63. The molecule has 1 amide bonds. The van der Waals surface area contributed by atoms with E-state index in [1.54, 1.807) is 11.6 Å². The fourth-order valence-corrected chi connectivity index (χ4v) is 3.17. The molecular weight excluding hydrogens is 304 g/mol. The summed E-state index contributed by atoms with van der Waals surface area (Å²) in [6, 6.07) is 7.66. The first-order chi connectivity index (χ1) is 11.5. The maximum Gasteiger partial charge on any atom is 0.225 e. The Bertz CT molecular complexity index is 693. The molecule has 1 fully saturated rings. The van der Waals surface area contributed by atoms with Crippen LogP contribution in [0.25, 0.3) is 0 Å². The van der Waals surface area contributed by atoms with Crippen molar-refractivity contribution < 1.29 is 9.90 Å². The van der Waals surface area contributed by atoms with E-state index in [0.29, 0.717) is 13.1 Å². The molecule has 6 heteroatoms. The molecule has 0 spiro atoms. The zero-order valence-electron chi connectivity index (χ0n) is 14.1. The quantitative estimate of drug-likeness (QED) is 0.768. The molecule has 3 N–H and O–H groups in total. The molecule has 1 unspecified atom stereocenters. The lowest BCUT2D eigenvalue weighted by molar-refractivity contribution is -0.125. The number of aryl methyl sites for hydroxylation is 1. The minimum absolute atomic E-state index is 0.0634. The molecule has 128 valence electrons. The van der Waals surface area contributed by atoms with Gasteiger partial charge in [0.15, 0.2) is 0 Å². The minimum Gasteiger partial charge on any atom is -0.389 e. The predicted octanol–water partition coefficient (Wildman–Crippen LogP) is 1.09. The Morgan fingerprint density at radius 1 is 1.42 bits per heavy atom. The van der Waals surface area contributed by atoms with Crippen molar-refractivity contribution >= 4 is 5.91 Å². The van der Waals surface area contributed by atoms with Crippen LogP contribution in [0.15, 0.2) is 36.7 Å². The summed E-state index contributed by atoms with van der Waals surface area (Å²) in [5, 5.41) is 20.1. The molecule has 1 aromatic heterocycles. The summed E-state index contributed by atoms with van der Waals surface area (Å²) in [7, 11) is 1.89. The number of amides is 1. The van der Waals surface area contributed by atoms with Crippen LogP contribution in [0.1, 0.15) is 35.6 Å². The van der Waals surface area contributed by atoms with Crippen LogP contribution < -0.4 is 10.6 Å². The van der Waals surface area contributed by atoms with E-state index in [-0.39, 0.29) is 17.7 Å². The van der Waals surface area contributed by atoms with Crippen molar-refractivity contribution in [1.29, 1.82) is 0 Å². The average Bonchev–Trinajstić information content (AvgIpc) is 3.21. The van der Waals surface area contributed by atoms with Crippen LogP contribution in [0.2, 0.25) is 0 Å². The second kappa shape index (κ2) is 7.15. The average molecular weight is 328 g/mol. The lowest BCUT2D eigenvalue weighted by atomic mass is 9.90. The van der Waals surface area contributed by atoms with E-state index < -0.39 is 6.10 Å². The van der Waals surface area contributed by atoms with Gasteiger partial charge in [0, 0.05) is 38.8 Å². The standard InChI is InChI=1S/C18H24N4O2/c1-12(23)14-5-3-13(4-6-14)7-20-18(24)17-10-19-9-16(17)15-8-21-22(2)11-15/h3-6,8,11-12,16-17,19,23H,7,9-10H2,1-2H3,(H,20,24)/t12?,16-,17+/m1/s1. The highest BCUT2D eigenvalue weighted by atomic mass is 16.3. The Morgan fingerprint density at radius 2 is 2.17 bits per heavy atom. The molecule has 3 atom stereocenters. The van der Waals surface area contributed by atoms with Crippen molar-refractivity contribution in [3.63, 3.8) is 0 Å². The van der Waals surface area contributed by atoms with Gasteiger partial charge in [-0.3, -0.25) is 9.48 Å². The van der Waals surface area contributed by atoms with Gasteiger partial charge in [-0.05, 0) is 23.6 Å². The molecule has 6 nitrogen and oxygen atoms in total. The Hall–Kier alpha value is -2.18. The Morgan fingerprint density at radius 3 is 2.79 bits per heavy atom. The lowest BCUT2D eigenvalue weighted by Crippen LogP contribution is -2.33. The van der Waals surface area contributed by atoms with Gasteiger partial charge < -0.3 is 15.7 Å². The first-order valence-electron chi connectivity index (χ1n) is 8.28. The largest absolute Gasteiger partial charge is 0.389 e. The topological polar surface area (TPSA) is 79.2 Å². The maximum absolute atomic E-state index is 12.6. The van der Waals surface area contributed by atoms with E-state index in [4.69, 9.17) is 0 Å². The number of aliphatic hydroxyl groups excluding tert-OH is 1. The van der Waals surface area contributed by atoms with Crippen LogP contribution in [0, 0.1) is 5.92 Å². The number of carbonyl (C=O) groups excluding carboxylic acids is 1. The van der Waals surface area contributed by atoms with Gasteiger partial charge in [-0.2, -0.15) is 5.10 Å². The number of hydrogen-bond donors (Lipinski definition) is 3. The van der Waals surface area contributed by atoms with Crippen LogP contribution in [-0.2, 0) is 18.4 Å². The van der Waals surface area contributed by atoms with Crippen molar-refractivity contribution in [2.75, 3.05) is 13.1 Å². The molecule has 3 rings (SSSR count). The first kappa shape index (κ1) is 16.7. The summed E-state index contributed by atoms with van der Waals surface area (Å²) in [5.74, 6) is 0.149. The van der Waals surface area contributed by atoms with Gasteiger partial charge in [-0.1, -0.05) is 24.3 Å². The maximum atomic E-state index is 12.6. The first-order valence-corrected chi connectivity index (χ1v) is 8.28. The molecule has 0 saturated carbocycles. The predicted molar refractivity (Wildman–Crippen MR) is 91.2 cm³/mol. The van der Waals surface area contributed by atoms with E-state index in [0.717, 1.165) is 23.2 Å². The van der Waals surface area contributed by atoms with E-state index >= 15 is 0 Å². The summed E-state index contributed by atoms with van der Waals surface area (Å²) in [6.45, 7) is 3.72. The van der Waals surface area contributed by atoms with Gasteiger partial charge in [0.1, 0.15) is 0 Å². The van der Waals surface area contributed by atoms with E-state index in [1.807, 2.05) is 43.7 Å². The van der Waals surface area contributed by atoms with Gasteiger partial charge in [0.05, 0.1) is 18.2 Å². The normalized spacial score (nSPS) is 21.6. The molecule has 2 aromatic rings. The van der Waals surface area contributed by atoms with Crippen molar-refractivity contribution in [3.8, 4) is 0 Å². The van der Waals surface area contributed by atoms with Crippen LogP contribution in [0.4, 0.5) is 0 Å². The molecule has 0 radical (unpaired) electrons. The number of benzene rings is 1. The summed E-state index contributed by atoms with van der Waals surface area (Å²) in [4.78, 5) is 12.6. The number of nitrogens with zero attached hydrogens (tertiary/aromatic N) is 2. The second-order valence-electron chi connectivity index (χ2n) is 6.45. The van der Waals surface area contributed by atoms with Gasteiger partial charge in [-0.25, -0.2) is 0 Å². The van der Waals surface area contributed by atoms with Crippen molar-refractivity contribution in [1.82, 2.24) is 20.4 Å². The molecule has 1 saturated heterocycles. The molecule has 0 aliphatic carbocycles. The lowest BCUT2D eigenvalue weighted by Gasteiger charge is -2.17. The summed E-state index contributed by atoms with van der Waals surface area (Å²) in [6.07, 6.45) is 3.35. The van der Waals surface area contributed by atoms with E-state index in [2.05, 4.69) is 15.7 Å². The van der Waals surface area contributed by atoms with Crippen LogP contribution >= 0.6 is 0 Å². The van der Waals surface area contributed by atoms with Gasteiger partial charge in [0.2, 0.25) is 5.91 Å². The summed E-state index contributed by atoms with van der Waals surface area (Å²) >= 11 is 0. The smallest absolute Gasteiger partial charge is 0.225 e. The fraction of sp³-hybridized carbons (Fsp3) is 0.444. The number of rotatable bonds is 5. The van der Waals surface area contributed by atoms with Crippen molar-refractivity contribution in [2.45, 2.75) is 25.5 Å². The minimum atomic E-state index is -0.474. The molecule has 2 heterocycles. The second-order valence-corrected chi connectivity index (χ2v) is 6.45. The molecular formula is C18H24N4O2. The van der Waals surface area contributed by atoms with Crippen LogP contribution in [-0.4, -0.2) is 33.9 Å². The third-order valence-electron chi connectivity index (χ3n) is 4.63. The highest BCUT2D eigenvalue weighted by Gasteiger charge is 2.34. The van der Waals surface area contributed by atoms with E-state index in [1.165, 1.54) is 0 Å². The van der Waals surface area contributed by atoms with Crippen LogP contribution in [0.3, 0.4) is 0 Å². The molecule has 1 aromatic carbocycles. The molecule has 0 bridgehead atoms. The van der Waals surface area contributed by atoms with Crippen molar-refractivity contribution in [2.24, 2.45) is 13.0 Å². The third kappa shape index (κ3) is 3.66. The van der Waals surface area contributed by atoms with Gasteiger partial charge in [-0.15, -0.1) is 0 Å². The Labute approximate surface area is 141 Å². The fourth-order valence-electron chi connectivity index (χ4n) is 3.17. The summed E-state index contributed by atoms with van der Waals surface area (Å²) < 4.78 is 1.77. The molecule has 1 aliphatic rings. The number of aromatic nitrogens is 2. The van der Waals surface area contributed by atoms with Crippen molar-refractivity contribution in [3.05, 3.63) is 53.3 Å². The SMILES string of the molecule is CC(O)c1ccc(CNC(=O)[C@H]2CNC[C@@H]2c2cnn(C)c2)cc1. The zero-order valence-corrected chi connectivity index (χ0v) is 14.1. The highest BCUT2D eigenvalue weighted by Crippen LogP contribution is 2.28. The Kier molecular flexibility index (Phi) is 4.97. The van der Waals surface area contributed by atoms with Crippen LogP contribution in [0.5, 0.6) is 0 Å². The van der Waals surface area contributed by atoms with Gasteiger partial charge >= 0.3 is 0 Å². The summed E-state index contributed by atoms with van der Waals surface area (Å²) in [5.41, 5.74) is 3.00. The monoisotopic (exact) mass is 328 g/mol.